The van der Waals surface area contributed by atoms with Crippen LogP contribution in [0.2, 0.25) is 0 Å². The molecule has 1 saturated heterocycles. The minimum Gasteiger partial charge on any atom is -0.326 e. The summed E-state index contributed by atoms with van der Waals surface area (Å²) in [5.74, 6) is 1.51. The average molecular weight is 292 g/mol. The lowest BCUT2D eigenvalue weighted by Crippen LogP contribution is -2.27. The van der Waals surface area contributed by atoms with Crippen LogP contribution in [0.25, 0.3) is 0 Å². The van der Waals surface area contributed by atoms with Crippen LogP contribution in [0.15, 0.2) is 60.7 Å². The Balaban J connectivity index is 1.30. The van der Waals surface area contributed by atoms with E-state index in [1.54, 1.807) is 0 Å². The van der Waals surface area contributed by atoms with Gasteiger partial charge in [-0.1, -0.05) is 48.5 Å². The summed E-state index contributed by atoms with van der Waals surface area (Å²) in [5.41, 5.74) is 2.26. The maximum atomic E-state index is 12.3. The number of hydrogen-bond acceptors (Lipinski definition) is 2. The van der Waals surface area contributed by atoms with E-state index in [1.165, 1.54) is 5.56 Å². The number of anilines is 1. The molecule has 112 valence electrons. The van der Waals surface area contributed by atoms with Gasteiger partial charge in [0.05, 0.1) is 0 Å². The number of hydrogen-bond donors (Lipinski definition) is 1. The van der Waals surface area contributed by atoms with Crippen molar-refractivity contribution in [2.45, 2.75) is 6.54 Å². The molecule has 4 rings (SSSR count). The summed E-state index contributed by atoms with van der Waals surface area (Å²) in [7, 11) is 0. The quantitative estimate of drug-likeness (QED) is 0.939. The highest BCUT2D eigenvalue weighted by Gasteiger charge is 2.59. The molecule has 1 saturated carbocycles. The van der Waals surface area contributed by atoms with Crippen molar-refractivity contribution in [1.29, 1.82) is 0 Å². The molecule has 0 bridgehead atoms. The second kappa shape index (κ2) is 5.58. The van der Waals surface area contributed by atoms with E-state index in [2.05, 4.69) is 40.5 Å². The summed E-state index contributed by atoms with van der Waals surface area (Å²) in [4.78, 5) is 14.8. The zero-order valence-corrected chi connectivity index (χ0v) is 12.5. The van der Waals surface area contributed by atoms with Crippen molar-refractivity contribution in [3.63, 3.8) is 0 Å². The van der Waals surface area contributed by atoms with Gasteiger partial charge < -0.3 is 5.32 Å². The lowest BCUT2D eigenvalue weighted by atomic mass is 10.2. The summed E-state index contributed by atoms with van der Waals surface area (Å²) < 4.78 is 0. The molecule has 0 spiro atoms. The topological polar surface area (TPSA) is 32.3 Å². The number of para-hydroxylation sites is 1. The summed E-state index contributed by atoms with van der Waals surface area (Å²) in [6, 6.07) is 20.3. The Kier molecular flexibility index (Phi) is 3.43. The van der Waals surface area contributed by atoms with Gasteiger partial charge in [-0.25, -0.2) is 0 Å². The SMILES string of the molecule is O=C(Nc1ccccc1)C1C2CN(Cc3ccccc3)CC21. The molecule has 1 amide bonds. The van der Waals surface area contributed by atoms with Crippen LogP contribution in [-0.2, 0) is 11.3 Å². The summed E-state index contributed by atoms with van der Waals surface area (Å²) in [6.07, 6.45) is 0. The van der Waals surface area contributed by atoms with Gasteiger partial charge >= 0.3 is 0 Å². The number of carbonyl (C=O) groups is 1. The molecule has 2 atom stereocenters. The molecule has 22 heavy (non-hydrogen) atoms. The van der Waals surface area contributed by atoms with Gasteiger partial charge in [-0.05, 0) is 29.5 Å². The number of benzene rings is 2. The highest BCUT2D eigenvalue weighted by molar-refractivity contribution is 5.95. The molecule has 3 nitrogen and oxygen atoms in total. The summed E-state index contributed by atoms with van der Waals surface area (Å²) in [5, 5.41) is 3.04. The second-order valence-corrected chi connectivity index (χ2v) is 6.39. The van der Waals surface area contributed by atoms with Gasteiger partial charge in [-0.2, -0.15) is 0 Å². The maximum Gasteiger partial charge on any atom is 0.228 e. The van der Waals surface area contributed by atoms with Gasteiger partial charge in [0.2, 0.25) is 5.91 Å². The minimum atomic E-state index is 0.195. The third-order valence-corrected chi connectivity index (χ3v) is 4.86. The number of carbonyl (C=O) groups excluding carboxylic acids is 1. The summed E-state index contributed by atoms with van der Waals surface area (Å²) >= 11 is 0. The fourth-order valence-electron chi connectivity index (χ4n) is 3.72. The van der Waals surface area contributed by atoms with Crippen LogP contribution in [-0.4, -0.2) is 23.9 Å². The molecular formula is C19H20N2O. The van der Waals surface area contributed by atoms with E-state index in [4.69, 9.17) is 0 Å². The molecule has 1 aliphatic carbocycles. The van der Waals surface area contributed by atoms with Crippen LogP contribution in [0.1, 0.15) is 5.56 Å². The minimum absolute atomic E-state index is 0.195. The van der Waals surface area contributed by atoms with E-state index in [0.29, 0.717) is 11.8 Å². The van der Waals surface area contributed by atoms with Crippen LogP contribution in [0.4, 0.5) is 5.69 Å². The monoisotopic (exact) mass is 292 g/mol. The molecule has 1 N–H and O–H groups in total. The fraction of sp³-hybridized carbons (Fsp3) is 0.316. The molecule has 1 aliphatic heterocycles. The van der Waals surface area contributed by atoms with Crippen molar-refractivity contribution in [2.75, 3.05) is 18.4 Å². The largest absolute Gasteiger partial charge is 0.326 e. The zero-order valence-electron chi connectivity index (χ0n) is 12.5. The van der Waals surface area contributed by atoms with Crippen molar-refractivity contribution in [1.82, 2.24) is 4.90 Å². The van der Waals surface area contributed by atoms with E-state index >= 15 is 0 Å². The number of nitrogens with zero attached hydrogens (tertiary/aromatic N) is 1. The highest BCUT2D eigenvalue weighted by Crippen LogP contribution is 2.52. The standard InChI is InChI=1S/C19H20N2O/c22-19(20-15-9-5-2-6-10-15)18-16-12-21(13-17(16)18)11-14-7-3-1-4-8-14/h1-10,16-18H,11-13H2,(H,20,22). The Morgan fingerprint density at radius 1 is 0.955 bits per heavy atom. The van der Waals surface area contributed by atoms with Crippen LogP contribution in [0.5, 0.6) is 0 Å². The molecule has 2 aromatic rings. The van der Waals surface area contributed by atoms with Crippen molar-refractivity contribution in [2.24, 2.45) is 17.8 Å². The van der Waals surface area contributed by atoms with E-state index in [9.17, 15) is 4.79 Å². The Labute approximate surface area is 131 Å². The first kappa shape index (κ1) is 13.5. The molecule has 2 aromatic carbocycles. The van der Waals surface area contributed by atoms with Crippen LogP contribution in [0, 0.1) is 17.8 Å². The molecular weight excluding hydrogens is 272 g/mol. The first-order chi connectivity index (χ1) is 10.8. The normalized spacial score (nSPS) is 26.5. The van der Waals surface area contributed by atoms with Crippen LogP contribution >= 0.6 is 0 Å². The van der Waals surface area contributed by atoms with Crippen LogP contribution in [0.3, 0.4) is 0 Å². The third-order valence-electron chi connectivity index (χ3n) is 4.86. The number of fused-ring (bicyclic) bond motifs is 1. The second-order valence-electron chi connectivity index (χ2n) is 6.39. The van der Waals surface area contributed by atoms with Gasteiger partial charge in [0.1, 0.15) is 0 Å². The number of likely N-dealkylation sites (tertiary alicyclic amines) is 1. The average Bonchev–Trinajstić information content (AvgIpc) is 3.06. The molecule has 2 unspecified atom stereocenters. The van der Waals surface area contributed by atoms with Gasteiger partial charge in [0, 0.05) is 31.2 Å². The predicted molar refractivity (Wildman–Crippen MR) is 87.3 cm³/mol. The lowest BCUT2D eigenvalue weighted by Gasteiger charge is -2.19. The number of nitrogens with one attached hydrogen (secondary N) is 1. The smallest absolute Gasteiger partial charge is 0.228 e. The lowest BCUT2D eigenvalue weighted by molar-refractivity contribution is -0.118. The highest BCUT2D eigenvalue weighted by atomic mass is 16.2. The van der Waals surface area contributed by atoms with Crippen molar-refractivity contribution < 1.29 is 4.79 Å². The summed E-state index contributed by atoms with van der Waals surface area (Å²) in [6.45, 7) is 3.10. The Bertz CT molecular complexity index is 644. The van der Waals surface area contributed by atoms with Gasteiger partial charge in [0.25, 0.3) is 0 Å². The first-order valence-corrected chi connectivity index (χ1v) is 7.93. The molecule has 0 radical (unpaired) electrons. The van der Waals surface area contributed by atoms with Gasteiger partial charge in [-0.3, -0.25) is 9.69 Å². The Morgan fingerprint density at radius 3 is 2.18 bits per heavy atom. The molecule has 1 heterocycles. The number of piperidine rings is 1. The zero-order chi connectivity index (χ0) is 14.9. The number of rotatable bonds is 4. The van der Waals surface area contributed by atoms with Crippen molar-refractivity contribution >= 4 is 11.6 Å². The van der Waals surface area contributed by atoms with Crippen LogP contribution < -0.4 is 5.32 Å². The Hall–Kier alpha value is -2.13. The van der Waals surface area contributed by atoms with Gasteiger partial charge in [0.15, 0.2) is 0 Å². The maximum absolute atomic E-state index is 12.3. The van der Waals surface area contributed by atoms with E-state index in [0.717, 1.165) is 25.3 Å². The van der Waals surface area contributed by atoms with E-state index in [1.807, 2.05) is 30.3 Å². The number of amides is 1. The first-order valence-electron chi connectivity index (χ1n) is 7.93. The molecule has 3 heteroatoms. The molecule has 2 fully saturated rings. The van der Waals surface area contributed by atoms with Crippen molar-refractivity contribution in [3.05, 3.63) is 66.2 Å². The predicted octanol–water partition coefficient (Wildman–Crippen LogP) is 3.00. The van der Waals surface area contributed by atoms with Crippen molar-refractivity contribution in [3.8, 4) is 0 Å². The molecule has 0 aromatic heterocycles. The molecule has 2 aliphatic rings. The Morgan fingerprint density at radius 2 is 1.55 bits per heavy atom. The van der Waals surface area contributed by atoms with Gasteiger partial charge in [-0.15, -0.1) is 0 Å². The third kappa shape index (κ3) is 2.64. The van der Waals surface area contributed by atoms with E-state index < -0.39 is 0 Å². The van der Waals surface area contributed by atoms with E-state index in [-0.39, 0.29) is 11.8 Å². The fourth-order valence-corrected chi connectivity index (χ4v) is 3.72.